The Kier molecular flexibility index (Phi) is 3.97. The van der Waals surface area contributed by atoms with Crippen LogP contribution in [0, 0.1) is 25.6 Å². The third-order valence-electron chi connectivity index (χ3n) is 4.85. The van der Waals surface area contributed by atoms with Crippen LogP contribution in [-0.2, 0) is 4.79 Å². The van der Waals surface area contributed by atoms with E-state index in [2.05, 4.69) is 20.7 Å². The lowest BCUT2D eigenvalue weighted by Crippen LogP contribution is -2.50. The molecule has 3 heterocycles. The SMILES string of the molecule is Cc1cc(C)nc(N2NC3NCCC(c4ccc(F)cc4)C3C2=O)n1. The molecule has 2 fully saturated rings. The van der Waals surface area contributed by atoms with Crippen molar-refractivity contribution >= 4 is 11.9 Å². The summed E-state index contributed by atoms with van der Waals surface area (Å²) < 4.78 is 13.2. The first kappa shape index (κ1) is 16.1. The molecule has 2 aliphatic rings. The molecule has 2 saturated heterocycles. The Bertz CT molecular complexity index is 789. The summed E-state index contributed by atoms with van der Waals surface area (Å²) >= 11 is 0. The minimum atomic E-state index is -0.274. The largest absolute Gasteiger partial charge is 0.300 e. The number of rotatable bonds is 2. The number of benzene rings is 1. The predicted octanol–water partition coefficient (Wildman–Crippen LogP) is 1.80. The number of nitrogens with one attached hydrogen (secondary N) is 2. The van der Waals surface area contributed by atoms with Crippen molar-refractivity contribution in [1.29, 1.82) is 0 Å². The first-order valence-corrected chi connectivity index (χ1v) is 8.44. The van der Waals surface area contributed by atoms with Crippen LogP contribution in [-0.4, -0.2) is 28.6 Å². The minimum absolute atomic E-state index is 0.0303. The van der Waals surface area contributed by atoms with E-state index < -0.39 is 0 Å². The molecule has 4 rings (SSSR count). The first-order valence-electron chi connectivity index (χ1n) is 8.44. The van der Waals surface area contributed by atoms with Crippen molar-refractivity contribution in [2.24, 2.45) is 5.92 Å². The zero-order valence-corrected chi connectivity index (χ0v) is 14.2. The Morgan fingerprint density at radius 1 is 1.16 bits per heavy atom. The van der Waals surface area contributed by atoms with Gasteiger partial charge in [0, 0.05) is 11.4 Å². The molecular formula is C18H20FN5O. The van der Waals surface area contributed by atoms with Gasteiger partial charge in [-0.2, -0.15) is 0 Å². The number of halogens is 1. The number of aromatic nitrogens is 2. The summed E-state index contributed by atoms with van der Waals surface area (Å²) in [7, 11) is 0. The van der Waals surface area contributed by atoms with Crippen molar-refractivity contribution in [1.82, 2.24) is 20.7 Å². The lowest BCUT2D eigenvalue weighted by atomic mass is 9.79. The highest BCUT2D eigenvalue weighted by Gasteiger charge is 2.48. The average Bonchev–Trinajstić information content (AvgIpc) is 2.92. The molecule has 2 aromatic rings. The summed E-state index contributed by atoms with van der Waals surface area (Å²) in [5.74, 6) is -0.199. The molecule has 7 heteroatoms. The maximum absolute atomic E-state index is 13.2. The van der Waals surface area contributed by atoms with Crippen LogP contribution >= 0.6 is 0 Å². The zero-order valence-electron chi connectivity index (χ0n) is 14.2. The second kappa shape index (κ2) is 6.16. The smallest absolute Gasteiger partial charge is 0.250 e. The Balaban J connectivity index is 1.66. The number of fused-ring (bicyclic) bond motifs is 1. The summed E-state index contributed by atoms with van der Waals surface area (Å²) in [5.41, 5.74) is 5.81. The summed E-state index contributed by atoms with van der Waals surface area (Å²) in [6.07, 6.45) is 0.641. The molecule has 0 spiro atoms. The Morgan fingerprint density at radius 2 is 1.84 bits per heavy atom. The molecule has 0 saturated carbocycles. The minimum Gasteiger partial charge on any atom is -0.300 e. The van der Waals surface area contributed by atoms with Crippen LogP contribution in [0.4, 0.5) is 10.3 Å². The average molecular weight is 341 g/mol. The fourth-order valence-corrected chi connectivity index (χ4v) is 3.77. The van der Waals surface area contributed by atoms with E-state index in [1.807, 2.05) is 19.9 Å². The number of hydrogen-bond donors (Lipinski definition) is 2. The molecule has 130 valence electrons. The van der Waals surface area contributed by atoms with Gasteiger partial charge in [-0.25, -0.2) is 24.8 Å². The van der Waals surface area contributed by atoms with Crippen LogP contribution in [0.1, 0.15) is 29.3 Å². The Hall–Kier alpha value is -2.38. The van der Waals surface area contributed by atoms with Gasteiger partial charge in [0.15, 0.2) is 0 Å². The van der Waals surface area contributed by atoms with Crippen molar-refractivity contribution in [3.8, 4) is 0 Å². The highest BCUT2D eigenvalue weighted by atomic mass is 19.1. The quantitative estimate of drug-likeness (QED) is 0.872. The van der Waals surface area contributed by atoms with Crippen LogP contribution in [0.25, 0.3) is 0 Å². The van der Waals surface area contributed by atoms with E-state index in [1.54, 1.807) is 12.1 Å². The summed E-state index contributed by atoms with van der Waals surface area (Å²) in [6, 6.07) is 8.31. The number of carbonyl (C=O) groups excluding carboxylic acids is 1. The Labute approximate surface area is 145 Å². The van der Waals surface area contributed by atoms with Gasteiger partial charge >= 0.3 is 0 Å². The molecule has 2 N–H and O–H groups in total. The molecule has 25 heavy (non-hydrogen) atoms. The number of piperidine rings is 1. The molecule has 6 nitrogen and oxygen atoms in total. The van der Waals surface area contributed by atoms with Crippen molar-refractivity contribution in [3.63, 3.8) is 0 Å². The van der Waals surface area contributed by atoms with Crippen molar-refractivity contribution in [3.05, 3.63) is 53.1 Å². The number of nitrogens with zero attached hydrogens (tertiary/aromatic N) is 3. The third kappa shape index (κ3) is 2.89. The van der Waals surface area contributed by atoms with Gasteiger partial charge in [-0.1, -0.05) is 12.1 Å². The molecule has 1 aromatic heterocycles. The van der Waals surface area contributed by atoms with Gasteiger partial charge in [-0.3, -0.25) is 10.1 Å². The van der Waals surface area contributed by atoms with E-state index in [0.717, 1.165) is 29.9 Å². The summed E-state index contributed by atoms with van der Waals surface area (Å²) in [6.45, 7) is 4.54. The van der Waals surface area contributed by atoms with Gasteiger partial charge in [0.1, 0.15) is 5.82 Å². The normalized spacial score (nSPS) is 26.0. The van der Waals surface area contributed by atoms with Gasteiger partial charge in [0.25, 0.3) is 5.91 Å². The lowest BCUT2D eigenvalue weighted by molar-refractivity contribution is -0.121. The van der Waals surface area contributed by atoms with Gasteiger partial charge in [0.2, 0.25) is 5.95 Å². The number of carbonyl (C=O) groups is 1. The van der Waals surface area contributed by atoms with Gasteiger partial charge in [-0.05, 0) is 56.5 Å². The molecule has 1 aromatic carbocycles. The van der Waals surface area contributed by atoms with Crippen molar-refractivity contribution in [2.45, 2.75) is 32.4 Å². The van der Waals surface area contributed by atoms with Crippen molar-refractivity contribution < 1.29 is 9.18 Å². The number of hydrogen-bond acceptors (Lipinski definition) is 5. The van der Waals surface area contributed by atoms with E-state index in [1.165, 1.54) is 17.1 Å². The van der Waals surface area contributed by atoms with Gasteiger partial charge in [0.05, 0.1) is 12.1 Å². The lowest BCUT2D eigenvalue weighted by Gasteiger charge is -2.32. The summed E-state index contributed by atoms with van der Waals surface area (Å²) in [4.78, 5) is 21.9. The fourth-order valence-electron chi connectivity index (χ4n) is 3.77. The third-order valence-corrected chi connectivity index (χ3v) is 4.85. The van der Waals surface area contributed by atoms with E-state index in [0.29, 0.717) is 5.95 Å². The monoisotopic (exact) mass is 341 g/mol. The van der Waals surface area contributed by atoms with E-state index >= 15 is 0 Å². The van der Waals surface area contributed by atoms with Crippen LogP contribution in [0.2, 0.25) is 0 Å². The molecule has 0 aliphatic carbocycles. The van der Waals surface area contributed by atoms with Crippen molar-refractivity contribution in [2.75, 3.05) is 11.6 Å². The summed E-state index contributed by atoms with van der Waals surface area (Å²) in [5, 5.41) is 4.80. The van der Waals surface area contributed by atoms with Crippen LogP contribution < -0.4 is 15.8 Å². The number of hydrazine groups is 1. The standard InChI is InChI=1S/C18H20FN5O/c1-10-9-11(2)22-18(21-10)24-17(25)15-14(7-8-20-16(15)23-24)12-3-5-13(19)6-4-12/h3-6,9,14-16,20,23H,7-8H2,1-2H3. The predicted molar refractivity (Wildman–Crippen MR) is 91.2 cm³/mol. The maximum Gasteiger partial charge on any atom is 0.250 e. The van der Waals surface area contributed by atoms with Gasteiger partial charge < -0.3 is 0 Å². The number of amides is 1. The van der Waals surface area contributed by atoms with Gasteiger partial charge in [-0.15, -0.1) is 0 Å². The molecule has 0 radical (unpaired) electrons. The number of aryl methyl sites for hydroxylation is 2. The molecule has 3 unspecified atom stereocenters. The number of anilines is 1. The molecule has 1 amide bonds. The second-order valence-electron chi connectivity index (χ2n) is 6.66. The first-order chi connectivity index (χ1) is 12.0. The fraction of sp³-hybridized carbons (Fsp3) is 0.389. The Morgan fingerprint density at radius 3 is 2.52 bits per heavy atom. The highest BCUT2D eigenvalue weighted by molar-refractivity contribution is 5.96. The molecule has 0 bridgehead atoms. The van der Waals surface area contributed by atoms with Crippen LogP contribution in [0.3, 0.4) is 0 Å². The molecular weight excluding hydrogens is 321 g/mol. The van der Waals surface area contributed by atoms with Crippen LogP contribution in [0.5, 0.6) is 0 Å². The van der Waals surface area contributed by atoms with Crippen LogP contribution in [0.15, 0.2) is 30.3 Å². The molecule has 3 atom stereocenters. The second-order valence-corrected chi connectivity index (χ2v) is 6.66. The van der Waals surface area contributed by atoms with E-state index in [4.69, 9.17) is 0 Å². The zero-order chi connectivity index (χ0) is 17.6. The van der Waals surface area contributed by atoms with E-state index in [9.17, 15) is 9.18 Å². The maximum atomic E-state index is 13.2. The molecule has 2 aliphatic heterocycles. The van der Waals surface area contributed by atoms with E-state index in [-0.39, 0.29) is 29.7 Å². The highest BCUT2D eigenvalue weighted by Crippen LogP contribution is 2.37. The topological polar surface area (TPSA) is 70.2 Å².